The minimum Gasteiger partial charge on any atom is -0.396 e. The zero-order valence-electron chi connectivity index (χ0n) is 15.3. The van der Waals surface area contributed by atoms with Gasteiger partial charge in [0.1, 0.15) is 0 Å². The highest BCUT2D eigenvalue weighted by Crippen LogP contribution is 2.58. The van der Waals surface area contributed by atoms with Gasteiger partial charge in [-0.3, -0.25) is 0 Å². The molecule has 0 bridgehead atoms. The first-order valence-corrected chi connectivity index (χ1v) is 9.56. The molecule has 0 amide bonds. The Hall–Kier alpha value is -0.420. The van der Waals surface area contributed by atoms with Crippen LogP contribution in [0.1, 0.15) is 52.9 Å². The molecule has 3 aliphatic carbocycles. The smallest absolute Gasteiger partial charge is 0.0709 e. The molecule has 138 valence electrons. The van der Waals surface area contributed by atoms with Gasteiger partial charge in [-0.15, -0.1) is 0 Å². The third-order valence-electron chi connectivity index (χ3n) is 7.48. The Morgan fingerprint density at radius 1 is 1.29 bits per heavy atom. The highest BCUT2D eigenvalue weighted by atomic mass is 16.3. The van der Waals surface area contributed by atoms with Crippen molar-refractivity contribution < 1.29 is 20.4 Å². The predicted octanol–water partition coefficient (Wildman–Crippen LogP) is 2.11. The molecule has 4 nitrogen and oxygen atoms in total. The van der Waals surface area contributed by atoms with Crippen LogP contribution in [0.4, 0.5) is 0 Å². The van der Waals surface area contributed by atoms with Gasteiger partial charge in [0.15, 0.2) is 0 Å². The van der Waals surface area contributed by atoms with Gasteiger partial charge in [0.2, 0.25) is 0 Å². The van der Waals surface area contributed by atoms with Crippen molar-refractivity contribution in [3.8, 4) is 0 Å². The second-order valence-electron chi connectivity index (χ2n) is 9.23. The summed E-state index contributed by atoms with van der Waals surface area (Å²) in [5.41, 5.74) is 0.504. The van der Waals surface area contributed by atoms with Crippen LogP contribution in [0.15, 0.2) is 11.6 Å². The van der Waals surface area contributed by atoms with Gasteiger partial charge in [0.25, 0.3) is 0 Å². The van der Waals surface area contributed by atoms with E-state index in [0.29, 0.717) is 18.8 Å². The van der Waals surface area contributed by atoms with Crippen molar-refractivity contribution in [2.45, 2.75) is 64.6 Å². The number of allylic oxidation sites excluding steroid dienone is 1. The Morgan fingerprint density at radius 2 is 2.00 bits per heavy atom. The van der Waals surface area contributed by atoms with Gasteiger partial charge in [-0.05, 0) is 68.1 Å². The Labute approximate surface area is 145 Å². The van der Waals surface area contributed by atoms with E-state index < -0.39 is 11.7 Å². The first kappa shape index (κ1) is 18.4. The lowest BCUT2D eigenvalue weighted by Gasteiger charge is -2.43. The quantitative estimate of drug-likeness (QED) is 0.594. The van der Waals surface area contributed by atoms with Gasteiger partial charge in [0, 0.05) is 19.1 Å². The van der Waals surface area contributed by atoms with Crippen LogP contribution in [0.25, 0.3) is 0 Å². The molecule has 2 fully saturated rings. The van der Waals surface area contributed by atoms with Crippen molar-refractivity contribution in [2.24, 2.45) is 35.0 Å². The molecule has 0 aromatic rings. The molecule has 0 spiro atoms. The fourth-order valence-corrected chi connectivity index (χ4v) is 6.12. The topological polar surface area (TPSA) is 80.9 Å². The molecule has 4 N–H and O–H groups in total. The maximum Gasteiger partial charge on any atom is 0.0709 e. The maximum absolute atomic E-state index is 11.1. The summed E-state index contributed by atoms with van der Waals surface area (Å²) in [6.07, 6.45) is 5.89. The van der Waals surface area contributed by atoms with Crippen LogP contribution in [-0.2, 0) is 0 Å². The maximum atomic E-state index is 11.1. The molecule has 0 saturated heterocycles. The molecular weight excluding hydrogens is 304 g/mol. The molecule has 2 saturated carbocycles. The molecule has 3 aliphatic rings. The van der Waals surface area contributed by atoms with E-state index in [2.05, 4.69) is 19.9 Å². The average molecular weight is 338 g/mol. The summed E-state index contributed by atoms with van der Waals surface area (Å²) in [4.78, 5) is 0. The zero-order chi connectivity index (χ0) is 17.7. The van der Waals surface area contributed by atoms with Crippen molar-refractivity contribution in [1.82, 2.24) is 0 Å². The zero-order valence-corrected chi connectivity index (χ0v) is 15.3. The SMILES string of the molecule is C[C@H](CO)[C@H]1CC[C@]2(C)C[C@@H]3[C@H](CO)C[C@@H](O)[C@@H]3[C@@](C)(O)CC=C12. The van der Waals surface area contributed by atoms with Crippen LogP contribution < -0.4 is 0 Å². The van der Waals surface area contributed by atoms with Crippen molar-refractivity contribution in [3.05, 3.63) is 11.6 Å². The summed E-state index contributed by atoms with van der Waals surface area (Å²) in [7, 11) is 0. The Balaban J connectivity index is 1.99. The molecule has 3 rings (SSSR count). The first-order valence-electron chi connectivity index (χ1n) is 9.56. The van der Waals surface area contributed by atoms with Gasteiger partial charge >= 0.3 is 0 Å². The summed E-state index contributed by atoms with van der Waals surface area (Å²) in [6, 6.07) is 0. The number of fused-ring (bicyclic) bond motifs is 2. The fraction of sp³-hybridized carbons (Fsp3) is 0.900. The van der Waals surface area contributed by atoms with Crippen molar-refractivity contribution in [3.63, 3.8) is 0 Å². The van der Waals surface area contributed by atoms with E-state index >= 15 is 0 Å². The van der Waals surface area contributed by atoms with Crippen molar-refractivity contribution in [2.75, 3.05) is 13.2 Å². The highest BCUT2D eigenvalue weighted by molar-refractivity contribution is 5.26. The molecule has 0 radical (unpaired) electrons. The number of aliphatic hydroxyl groups is 4. The molecule has 0 heterocycles. The van der Waals surface area contributed by atoms with E-state index in [1.807, 2.05) is 6.92 Å². The van der Waals surface area contributed by atoms with Crippen LogP contribution in [0.3, 0.4) is 0 Å². The number of hydrogen-bond acceptors (Lipinski definition) is 4. The van der Waals surface area contributed by atoms with Gasteiger partial charge in [-0.1, -0.05) is 25.5 Å². The van der Waals surface area contributed by atoms with E-state index in [9.17, 15) is 20.4 Å². The monoisotopic (exact) mass is 338 g/mol. The Kier molecular flexibility index (Phi) is 4.89. The first-order chi connectivity index (χ1) is 11.2. The normalized spacial score (nSPS) is 49.8. The molecule has 8 atom stereocenters. The summed E-state index contributed by atoms with van der Waals surface area (Å²) < 4.78 is 0. The van der Waals surface area contributed by atoms with Gasteiger partial charge in [0.05, 0.1) is 11.7 Å². The summed E-state index contributed by atoms with van der Waals surface area (Å²) in [6.45, 7) is 6.52. The molecule has 0 unspecified atom stereocenters. The second-order valence-corrected chi connectivity index (χ2v) is 9.23. The third-order valence-corrected chi connectivity index (χ3v) is 7.48. The summed E-state index contributed by atoms with van der Waals surface area (Å²) >= 11 is 0. The molecule has 0 aliphatic heterocycles. The third kappa shape index (κ3) is 2.86. The predicted molar refractivity (Wildman–Crippen MR) is 93.2 cm³/mol. The molecule has 24 heavy (non-hydrogen) atoms. The summed E-state index contributed by atoms with van der Waals surface area (Å²) in [5.74, 6) is 0.671. The lowest BCUT2D eigenvalue weighted by atomic mass is 9.64. The fourth-order valence-electron chi connectivity index (χ4n) is 6.12. The molecular formula is C20H34O4. The lowest BCUT2D eigenvalue weighted by molar-refractivity contribution is -0.0709. The van der Waals surface area contributed by atoms with Crippen LogP contribution in [0, 0.1) is 35.0 Å². The molecule has 0 aromatic heterocycles. The van der Waals surface area contributed by atoms with E-state index in [-0.39, 0.29) is 42.3 Å². The largest absolute Gasteiger partial charge is 0.396 e. The highest BCUT2D eigenvalue weighted by Gasteiger charge is 2.55. The second kappa shape index (κ2) is 6.39. The van der Waals surface area contributed by atoms with Gasteiger partial charge in [-0.2, -0.15) is 0 Å². The summed E-state index contributed by atoms with van der Waals surface area (Å²) in [5, 5.41) is 41.1. The molecule has 0 aromatic carbocycles. The minimum absolute atomic E-state index is 0.0605. The van der Waals surface area contributed by atoms with Crippen molar-refractivity contribution >= 4 is 0 Å². The number of rotatable bonds is 3. The van der Waals surface area contributed by atoms with Crippen molar-refractivity contribution in [1.29, 1.82) is 0 Å². The standard InChI is InChI=1S/C20H34O4/c1-12(10-21)14-4-6-19(2)9-15-13(11-22)8-17(23)18(15)20(3,24)7-5-16(14)19/h5,12-15,17-18,21-24H,4,6-11H2,1-3H3/t12-,13+,14-,15-,17-,18-,19-,20+/m1/s1. The Morgan fingerprint density at radius 3 is 2.62 bits per heavy atom. The minimum atomic E-state index is -0.947. The van der Waals surface area contributed by atoms with E-state index in [1.165, 1.54) is 5.57 Å². The number of hydrogen-bond donors (Lipinski definition) is 4. The van der Waals surface area contributed by atoms with E-state index in [4.69, 9.17) is 0 Å². The van der Waals surface area contributed by atoms with E-state index in [1.54, 1.807) is 0 Å². The van der Waals surface area contributed by atoms with Crippen LogP contribution in [0.2, 0.25) is 0 Å². The lowest BCUT2D eigenvalue weighted by Crippen LogP contribution is -2.45. The van der Waals surface area contributed by atoms with Gasteiger partial charge < -0.3 is 20.4 Å². The van der Waals surface area contributed by atoms with E-state index in [0.717, 1.165) is 19.3 Å². The average Bonchev–Trinajstić information content (AvgIpc) is 3.00. The molecule has 4 heteroatoms. The Bertz CT molecular complexity index is 500. The number of aliphatic hydroxyl groups excluding tert-OH is 3. The van der Waals surface area contributed by atoms with Gasteiger partial charge in [-0.25, -0.2) is 0 Å². The van der Waals surface area contributed by atoms with Crippen LogP contribution >= 0.6 is 0 Å². The van der Waals surface area contributed by atoms with Crippen LogP contribution in [0.5, 0.6) is 0 Å². The van der Waals surface area contributed by atoms with Crippen LogP contribution in [-0.4, -0.2) is 45.3 Å².